The SMILES string of the molecule is O=C(NN(Cc1ccccc1)c1ccccc1)c1cc(S(=O)(=O)N2CCSCC2)c[nH]1. The summed E-state index contributed by atoms with van der Waals surface area (Å²) >= 11 is 1.74. The Kier molecular flexibility index (Phi) is 6.64. The fraction of sp³-hybridized carbons (Fsp3) is 0.227. The van der Waals surface area contributed by atoms with Gasteiger partial charge in [0, 0.05) is 30.8 Å². The van der Waals surface area contributed by atoms with E-state index in [2.05, 4.69) is 10.4 Å². The highest BCUT2D eigenvalue weighted by Gasteiger charge is 2.28. The largest absolute Gasteiger partial charge is 0.356 e. The van der Waals surface area contributed by atoms with E-state index in [4.69, 9.17) is 0 Å². The van der Waals surface area contributed by atoms with E-state index < -0.39 is 15.9 Å². The summed E-state index contributed by atoms with van der Waals surface area (Å²) in [6.07, 6.45) is 1.38. The van der Waals surface area contributed by atoms with Gasteiger partial charge in [-0.1, -0.05) is 48.5 Å². The van der Waals surface area contributed by atoms with Gasteiger partial charge in [0.2, 0.25) is 10.0 Å². The molecule has 3 aromatic rings. The average molecular weight is 457 g/mol. The van der Waals surface area contributed by atoms with Crippen LogP contribution < -0.4 is 10.4 Å². The minimum absolute atomic E-state index is 0.110. The van der Waals surface area contributed by atoms with Gasteiger partial charge in [-0.2, -0.15) is 16.1 Å². The van der Waals surface area contributed by atoms with Crippen LogP contribution in [0.3, 0.4) is 0 Å². The number of hydrogen-bond donors (Lipinski definition) is 2. The van der Waals surface area contributed by atoms with E-state index >= 15 is 0 Å². The molecule has 0 atom stereocenters. The van der Waals surface area contributed by atoms with Crippen LogP contribution in [-0.2, 0) is 16.6 Å². The lowest BCUT2D eigenvalue weighted by atomic mass is 10.2. The molecular formula is C22H24N4O3S2. The molecule has 9 heteroatoms. The molecular weight excluding hydrogens is 432 g/mol. The van der Waals surface area contributed by atoms with Crippen molar-refractivity contribution >= 4 is 33.4 Å². The maximum Gasteiger partial charge on any atom is 0.286 e. The summed E-state index contributed by atoms with van der Waals surface area (Å²) in [5, 5.41) is 1.74. The van der Waals surface area contributed by atoms with Gasteiger partial charge < -0.3 is 4.98 Å². The zero-order valence-corrected chi connectivity index (χ0v) is 18.5. The Hall–Kier alpha value is -2.75. The molecule has 1 saturated heterocycles. The highest BCUT2D eigenvalue weighted by Crippen LogP contribution is 2.21. The number of thioether (sulfide) groups is 1. The number of benzene rings is 2. The average Bonchev–Trinajstić information content (AvgIpc) is 3.32. The van der Waals surface area contributed by atoms with E-state index in [0.29, 0.717) is 19.6 Å². The van der Waals surface area contributed by atoms with Crippen molar-refractivity contribution in [2.24, 2.45) is 0 Å². The van der Waals surface area contributed by atoms with Gasteiger partial charge in [-0.25, -0.2) is 8.42 Å². The van der Waals surface area contributed by atoms with Crippen LogP contribution in [0.25, 0.3) is 0 Å². The minimum atomic E-state index is -3.61. The molecule has 1 fully saturated rings. The number of amides is 1. The van der Waals surface area contributed by atoms with E-state index in [1.807, 2.05) is 60.7 Å². The maximum atomic E-state index is 12.9. The summed E-state index contributed by atoms with van der Waals surface area (Å²) in [5.74, 6) is 1.15. The van der Waals surface area contributed by atoms with Gasteiger partial charge >= 0.3 is 0 Å². The summed E-state index contributed by atoms with van der Waals surface area (Å²) < 4.78 is 27.2. The third-order valence-electron chi connectivity index (χ3n) is 5.00. The summed E-state index contributed by atoms with van der Waals surface area (Å²) in [4.78, 5) is 15.9. The van der Waals surface area contributed by atoms with Gasteiger partial charge in [-0.15, -0.1) is 0 Å². The molecule has 0 spiro atoms. The number of rotatable bonds is 7. The molecule has 2 aromatic carbocycles. The van der Waals surface area contributed by atoms with Crippen LogP contribution in [-0.4, -0.2) is 48.2 Å². The fourth-order valence-corrected chi connectivity index (χ4v) is 5.91. The lowest BCUT2D eigenvalue weighted by Gasteiger charge is -2.25. The lowest BCUT2D eigenvalue weighted by molar-refractivity contribution is 0.0943. The predicted octanol–water partition coefficient (Wildman–Crippen LogP) is 3.10. The number of H-pyrrole nitrogens is 1. The molecule has 0 unspecified atom stereocenters. The Balaban J connectivity index is 1.52. The van der Waals surface area contributed by atoms with Gasteiger partial charge in [-0.05, 0) is 23.8 Å². The molecule has 1 aliphatic rings. The van der Waals surface area contributed by atoms with Crippen molar-refractivity contribution in [3.8, 4) is 0 Å². The number of anilines is 1. The fourth-order valence-electron chi connectivity index (χ4n) is 3.34. The van der Waals surface area contributed by atoms with Crippen LogP contribution in [0.1, 0.15) is 16.1 Å². The van der Waals surface area contributed by atoms with Gasteiger partial charge in [0.15, 0.2) is 0 Å². The number of aromatic amines is 1. The van der Waals surface area contributed by atoms with E-state index in [9.17, 15) is 13.2 Å². The van der Waals surface area contributed by atoms with Crippen molar-refractivity contribution < 1.29 is 13.2 Å². The molecule has 2 N–H and O–H groups in total. The number of para-hydroxylation sites is 1. The van der Waals surface area contributed by atoms with Gasteiger partial charge in [0.25, 0.3) is 5.91 Å². The predicted molar refractivity (Wildman–Crippen MR) is 123 cm³/mol. The topological polar surface area (TPSA) is 85.5 Å². The Labute approximate surface area is 186 Å². The monoisotopic (exact) mass is 456 g/mol. The first-order valence-corrected chi connectivity index (χ1v) is 12.6. The molecule has 0 radical (unpaired) electrons. The minimum Gasteiger partial charge on any atom is -0.356 e. The normalized spacial score (nSPS) is 14.8. The van der Waals surface area contributed by atoms with Gasteiger partial charge in [0.1, 0.15) is 10.6 Å². The number of aromatic nitrogens is 1. The number of carbonyl (C=O) groups excluding carboxylic acids is 1. The second-order valence-electron chi connectivity index (χ2n) is 7.11. The van der Waals surface area contributed by atoms with E-state index in [1.165, 1.54) is 16.6 Å². The molecule has 1 aromatic heterocycles. The third kappa shape index (κ3) is 5.12. The molecule has 1 aliphatic heterocycles. The van der Waals surface area contributed by atoms with Crippen molar-refractivity contribution in [2.45, 2.75) is 11.4 Å². The molecule has 2 heterocycles. The number of nitrogens with one attached hydrogen (secondary N) is 2. The van der Waals surface area contributed by atoms with Gasteiger partial charge in [-0.3, -0.25) is 15.2 Å². The van der Waals surface area contributed by atoms with Crippen LogP contribution in [0.2, 0.25) is 0 Å². The number of nitrogens with zero attached hydrogens (tertiary/aromatic N) is 2. The van der Waals surface area contributed by atoms with Crippen molar-refractivity contribution in [3.05, 3.63) is 84.2 Å². The third-order valence-corrected chi connectivity index (χ3v) is 7.82. The summed E-state index contributed by atoms with van der Waals surface area (Å²) in [5.41, 5.74) is 4.94. The molecule has 31 heavy (non-hydrogen) atoms. The highest BCUT2D eigenvalue weighted by atomic mass is 32.2. The molecule has 0 aliphatic carbocycles. The number of sulfonamides is 1. The summed E-state index contributed by atoms with van der Waals surface area (Å²) in [6.45, 7) is 1.44. The van der Waals surface area contributed by atoms with Crippen LogP contribution in [0, 0.1) is 0 Å². The molecule has 4 rings (SSSR count). The summed E-state index contributed by atoms with van der Waals surface area (Å²) in [7, 11) is -3.61. The standard InChI is InChI=1S/C22H24N4O3S2/c27-22(21-15-20(16-23-21)31(28,29)25-11-13-30-14-12-25)24-26(19-9-5-2-6-10-19)17-18-7-3-1-4-8-18/h1-10,15-16,23H,11-14,17H2,(H,24,27). The van der Waals surface area contributed by atoms with Crippen LogP contribution in [0.15, 0.2) is 77.8 Å². The lowest BCUT2D eigenvalue weighted by Crippen LogP contribution is -2.42. The number of hydrogen-bond acceptors (Lipinski definition) is 5. The second kappa shape index (κ2) is 9.59. The van der Waals surface area contributed by atoms with E-state index in [-0.39, 0.29) is 10.6 Å². The quantitative estimate of drug-likeness (QED) is 0.534. The molecule has 162 valence electrons. The van der Waals surface area contributed by atoms with Crippen molar-refractivity contribution in [1.82, 2.24) is 14.7 Å². The van der Waals surface area contributed by atoms with Crippen LogP contribution in [0.5, 0.6) is 0 Å². The molecule has 0 saturated carbocycles. The maximum absolute atomic E-state index is 12.9. The number of carbonyl (C=O) groups is 1. The molecule has 7 nitrogen and oxygen atoms in total. The van der Waals surface area contributed by atoms with E-state index in [1.54, 1.807) is 16.8 Å². The zero-order chi connectivity index (χ0) is 21.7. The first-order chi connectivity index (χ1) is 15.0. The Morgan fingerprint density at radius 1 is 1.03 bits per heavy atom. The smallest absolute Gasteiger partial charge is 0.286 e. The highest BCUT2D eigenvalue weighted by molar-refractivity contribution is 7.99. The van der Waals surface area contributed by atoms with Crippen molar-refractivity contribution in [2.75, 3.05) is 29.6 Å². The zero-order valence-electron chi connectivity index (χ0n) is 16.9. The van der Waals surface area contributed by atoms with Gasteiger partial charge in [0.05, 0.1) is 12.2 Å². The Bertz CT molecular complexity index is 1110. The van der Waals surface area contributed by atoms with Crippen molar-refractivity contribution in [1.29, 1.82) is 0 Å². The first kappa shape index (κ1) is 21.5. The van der Waals surface area contributed by atoms with E-state index in [0.717, 1.165) is 22.8 Å². The Morgan fingerprint density at radius 2 is 1.68 bits per heavy atom. The first-order valence-electron chi connectivity index (χ1n) is 9.98. The van der Waals surface area contributed by atoms with Crippen molar-refractivity contribution in [3.63, 3.8) is 0 Å². The second-order valence-corrected chi connectivity index (χ2v) is 10.3. The molecule has 1 amide bonds. The Morgan fingerprint density at radius 3 is 2.35 bits per heavy atom. The van der Waals surface area contributed by atoms with Crippen LogP contribution in [0.4, 0.5) is 5.69 Å². The van der Waals surface area contributed by atoms with Crippen LogP contribution >= 0.6 is 11.8 Å². The summed E-state index contributed by atoms with van der Waals surface area (Å²) in [6, 6.07) is 20.7. The molecule has 0 bridgehead atoms. The number of hydrazine groups is 1.